The predicted octanol–water partition coefficient (Wildman–Crippen LogP) is -1.35. The average Bonchev–Trinajstić information content (AvgIpc) is 3.23. The van der Waals surface area contributed by atoms with Crippen LogP contribution in [0, 0.1) is 0 Å². The Morgan fingerprint density at radius 1 is 0.647 bits per heavy atom. The molecule has 12 heteroatoms. The molecule has 12 nitrogen and oxygen atoms in total. The first-order chi connectivity index (χ1) is 16.4. The minimum atomic E-state index is -0.820. The van der Waals surface area contributed by atoms with Crippen LogP contribution in [-0.2, 0) is 0 Å². The van der Waals surface area contributed by atoms with Crippen LogP contribution >= 0.6 is 0 Å². The lowest BCUT2D eigenvalue weighted by molar-refractivity contribution is -0.662. The maximum absolute atomic E-state index is 13.0. The molecular formula is C22H18N6O6+2. The van der Waals surface area contributed by atoms with Crippen LogP contribution in [0.2, 0.25) is 0 Å². The normalized spacial score (nSPS) is 11.4. The number of nitrogens with zero attached hydrogens (tertiary/aromatic N) is 6. The lowest BCUT2D eigenvalue weighted by Gasteiger charge is -2.02. The number of aromatic nitrogens is 6. The minimum absolute atomic E-state index is 0.268. The van der Waals surface area contributed by atoms with E-state index in [-0.39, 0.29) is 11.4 Å². The van der Waals surface area contributed by atoms with Gasteiger partial charge in [-0.25, -0.2) is 19.2 Å². The smallest absolute Gasteiger partial charge is 0.488 e. The summed E-state index contributed by atoms with van der Waals surface area (Å²) in [5.74, 6) is 1.15. The lowest BCUT2D eigenvalue weighted by Crippen LogP contribution is -2.52. The largest absolute Gasteiger partial charge is 0.494 e. The topological polar surface area (TPSA) is 131 Å². The number of ether oxygens (including phenoxy) is 2. The fraction of sp³-hybridized carbons (Fsp3) is 0.182. The van der Waals surface area contributed by atoms with E-state index in [0.29, 0.717) is 24.7 Å². The molecule has 3 heterocycles. The third-order valence-corrected chi connectivity index (χ3v) is 5.14. The molecule has 0 aliphatic carbocycles. The van der Waals surface area contributed by atoms with Crippen LogP contribution in [0.1, 0.15) is 13.8 Å². The second-order valence-electron chi connectivity index (χ2n) is 7.17. The highest BCUT2D eigenvalue weighted by Gasteiger charge is 2.35. The number of imidazole rings is 2. The van der Waals surface area contributed by atoms with Gasteiger partial charge in [0.05, 0.1) is 23.4 Å². The number of hydrogen-bond acceptors (Lipinski definition) is 8. The van der Waals surface area contributed by atoms with E-state index in [9.17, 15) is 19.2 Å². The third kappa shape index (κ3) is 3.15. The van der Waals surface area contributed by atoms with E-state index >= 15 is 0 Å². The molecule has 34 heavy (non-hydrogen) atoms. The van der Waals surface area contributed by atoms with E-state index in [1.807, 2.05) is 13.8 Å². The second-order valence-corrected chi connectivity index (χ2v) is 7.17. The van der Waals surface area contributed by atoms with Crippen molar-refractivity contribution in [1.82, 2.24) is 19.3 Å². The van der Waals surface area contributed by atoms with E-state index < -0.39 is 33.8 Å². The monoisotopic (exact) mass is 462 g/mol. The molecule has 0 unspecified atom stereocenters. The van der Waals surface area contributed by atoms with Gasteiger partial charge in [-0.3, -0.25) is 0 Å². The van der Waals surface area contributed by atoms with Gasteiger partial charge < -0.3 is 9.47 Å². The van der Waals surface area contributed by atoms with Crippen LogP contribution in [0.5, 0.6) is 11.5 Å². The number of hydrogen-bond donors (Lipinski definition) is 0. The van der Waals surface area contributed by atoms with Gasteiger partial charge in [-0.2, -0.15) is 0 Å². The predicted molar refractivity (Wildman–Crippen MR) is 117 cm³/mol. The summed E-state index contributed by atoms with van der Waals surface area (Å²) in [5.41, 5.74) is -3.45. The molecule has 0 spiro atoms. The molecule has 0 saturated heterocycles. The van der Waals surface area contributed by atoms with Crippen molar-refractivity contribution in [3.8, 4) is 22.9 Å². The number of benzene rings is 2. The Labute approximate surface area is 189 Å². The summed E-state index contributed by atoms with van der Waals surface area (Å²) in [6, 6.07) is 12.6. The summed E-state index contributed by atoms with van der Waals surface area (Å²) in [6.45, 7) is 4.61. The first-order valence-electron chi connectivity index (χ1n) is 10.4. The quantitative estimate of drug-likeness (QED) is 0.283. The summed E-state index contributed by atoms with van der Waals surface area (Å²) in [4.78, 5) is 51.9. The average molecular weight is 462 g/mol. The van der Waals surface area contributed by atoms with Crippen molar-refractivity contribution < 1.29 is 18.5 Å². The molecule has 0 amide bonds. The van der Waals surface area contributed by atoms with Gasteiger partial charge in [0, 0.05) is 9.03 Å². The SMILES string of the molecule is CCOc1ccc(-n2c(=O)c3n[n+]4c(=O)n(-c5ccc(OCC)cc5)c(=O)c4n[n+]3c2=O)cc1. The van der Waals surface area contributed by atoms with Crippen molar-refractivity contribution >= 4 is 11.3 Å². The van der Waals surface area contributed by atoms with Crippen LogP contribution in [0.15, 0.2) is 67.7 Å². The maximum Gasteiger partial charge on any atom is 0.488 e. The summed E-state index contributed by atoms with van der Waals surface area (Å²) in [7, 11) is 0. The summed E-state index contributed by atoms with van der Waals surface area (Å²) in [5, 5.41) is 7.97. The van der Waals surface area contributed by atoms with Gasteiger partial charge in [-0.05, 0) is 62.4 Å². The van der Waals surface area contributed by atoms with Gasteiger partial charge in [0.1, 0.15) is 22.9 Å². The van der Waals surface area contributed by atoms with Gasteiger partial charge in [0.2, 0.25) is 0 Å². The molecule has 0 saturated carbocycles. The summed E-state index contributed by atoms with van der Waals surface area (Å²) < 4.78 is 13.9. The van der Waals surface area contributed by atoms with E-state index in [1.54, 1.807) is 24.3 Å². The Morgan fingerprint density at radius 3 is 1.32 bits per heavy atom. The van der Waals surface area contributed by atoms with Crippen LogP contribution in [0.25, 0.3) is 22.7 Å². The molecule has 0 atom stereocenters. The number of rotatable bonds is 6. The molecule has 0 aliphatic heterocycles. The Morgan fingerprint density at radius 2 is 1.00 bits per heavy atom. The van der Waals surface area contributed by atoms with Crippen molar-refractivity contribution in [1.29, 1.82) is 0 Å². The van der Waals surface area contributed by atoms with Crippen LogP contribution < -0.4 is 41.0 Å². The van der Waals surface area contributed by atoms with E-state index in [2.05, 4.69) is 10.2 Å². The van der Waals surface area contributed by atoms with Gasteiger partial charge in [0.25, 0.3) is 0 Å². The molecule has 0 bridgehead atoms. The van der Waals surface area contributed by atoms with Crippen LogP contribution in [-0.4, -0.2) is 32.5 Å². The van der Waals surface area contributed by atoms with Crippen molar-refractivity contribution in [3.05, 3.63) is 90.2 Å². The first-order valence-corrected chi connectivity index (χ1v) is 10.4. The lowest BCUT2D eigenvalue weighted by atomic mass is 10.3. The standard InChI is InChI=1S/C22H18N6O6/c1-3-33-15-9-5-13(6-10-15)25-19(29)17-23-28-18(24-27(17)21(25)31)20(30)26(22(28)32)14-7-11-16(12-8-14)34-4-2/h5-12H,3-4H2,1-2H3/q+2. The van der Waals surface area contributed by atoms with Gasteiger partial charge in [-0.15, -0.1) is 9.13 Å². The Balaban J connectivity index is 1.69. The molecule has 0 aliphatic rings. The summed E-state index contributed by atoms with van der Waals surface area (Å²) in [6.07, 6.45) is 0. The van der Waals surface area contributed by atoms with E-state index in [4.69, 9.17) is 9.47 Å². The van der Waals surface area contributed by atoms with Crippen LogP contribution in [0.4, 0.5) is 0 Å². The Hall–Kier alpha value is -4.74. The fourth-order valence-corrected chi connectivity index (χ4v) is 3.64. The molecule has 3 aromatic heterocycles. The van der Waals surface area contributed by atoms with Crippen molar-refractivity contribution in [2.75, 3.05) is 13.2 Å². The highest BCUT2D eigenvalue weighted by molar-refractivity contribution is 5.41. The zero-order valence-electron chi connectivity index (χ0n) is 18.2. The minimum Gasteiger partial charge on any atom is -0.494 e. The Bertz CT molecular complexity index is 1540. The first kappa shape index (κ1) is 21.1. The van der Waals surface area contributed by atoms with Gasteiger partial charge in [-0.1, -0.05) is 0 Å². The maximum atomic E-state index is 13.0. The molecule has 0 fully saturated rings. The van der Waals surface area contributed by atoms with Crippen molar-refractivity contribution in [3.63, 3.8) is 0 Å². The van der Waals surface area contributed by atoms with Crippen molar-refractivity contribution in [2.24, 2.45) is 0 Å². The van der Waals surface area contributed by atoms with Gasteiger partial charge >= 0.3 is 33.8 Å². The highest BCUT2D eigenvalue weighted by Crippen LogP contribution is 2.14. The van der Waals surface area contributed by atoms with Crippen LogP contribution in [0.3, 0.4) is 0 Å². The Kier molecular flexibility index (Phi) is 4.97. The summed E-state index contributed by atoms with van der Waals surface area (Å²) >= 11 is 0. The highest BCUT2D eigenvalue weighted by atomic mass is 16.5. The molecule has 170 valence electrons. The van der Waals surface area contributed by atoms with Gasteiger partial charge in [0.15, 0.2) is 0 Å². The fourth-order valence-electron chi connectivity index (χ4n) is 3.64. The van der Waals surface area contributed by atoms with E-state index in [1.165, 1.54) is 24.3 Å². The molecule has 5 rings (SSSR count). The zero-order valence-corrected chi connectivity index (χ0v) is 18.2. The number of fused-ring (bicyclic) bond motifs is 2. The molecule has 0 radical (unpaired) electrons. The second kappa shape index (κ2) is 7.99. The molecule has 2 aromatic carbocycles. The zero-order chi connectivity index (χ0) is 24.0. The third-order valence-electron chi connectivity index (χ3n) is 5.14. The molecular weight excluding hydrogens is 444 g/mol. The molecule has 5 aromatic rings. The molecule has 0 N–H and O–H groups in total. The van der Waals surface area contributed by atoms with E-state index in [0.717, 1.165) is 18.2 Å². The van der Waals surface area contributed by atoms with Crippen molar-refractivity contribution in [2.45, 2.75) is 13.8 Å².